The van der Waals surface area contributed by atoms with Gasteiger partial charge < -0.3 is 10.2 Å². The quantitative estimate of drug-likeness (QED) is 0.508. The molecule has 2 amide bonds. The Morgan fingerprint density at radius 3 is 2.90 bits per heavy atom. The molecule has 1 fully saturated rings. The Hall–Kier alpha value is -2.03. The molecule has 0 spiro atoms. The van der Waals surface area contributed by atoms with E-state index in [1.165, 1.54) is 0 Å². The van der Waals surface area contributed by atoms with Gasteiger partial charge in [0.05, 0.1) is 17.0 Å². The summed E-state index contributed by atoms with van der Waals surface area (Å²) < 4.78 is 1.04. The van der Waals surface area contributed by atoms with Crippen LogP contribution >= 0.6 is 38.6 Å². The van der Waals surface area contributed by atoms with Gasteiger partial charge in [-0.25, -0.2) is 4.98 Å². The molecule has 0 radical (unpaired) electrons. The molecule has 3 heterocycles. The van der Waals surface area contributed by atoms with Crippen LogP contribution in [-0.2, 0) is 22.6 Å². The molecular formula is C21H20BrN3O2S2. The van der Waals surface area contributed by atoms with Crippen molar-refractivity contribution in [3.05, 3.63) is 56.8 Å². The van der Waals surface area contributed by atoms with Gasteiger partial charge in [-0.3, -0.25) is 9.59 Å². The number of benzene rings is 1. The van der Waals surface area contributed by atoms with Crippen LogP contribution in [0.1, 0.15) is 30.5 Å². The van der Waals surface area contributed by atoms with Crippen LogP contribution in [0.2, 0.25) is 0 Å². The standard InChI is InChI=1S/C21H20BrN3O2S2/c22-15-9-18(28-12-15)21-24-17(13-29-21)10-19(26)23-16-5-3-4-14(8-16)11-25-7-2-1-6-20(25)27/h3-5,8-9,12-13H,1-2,6-7,10-11H2,(H,23,26). The predicted octanol–water partition coefficient (Wildman–Crippen LogP) is 5.33. The lowest BCUT2D eigenvalue weighted by atomic mass is 10.1. The highest BCUT2D eigenvalue weighted by Gasteiger charge is 2.18. The van der Waals surface area contributed by atoms with Crippen molar-refractivity contribution >= 4 is 56.1 Å². The van der Waals surface area contributed by atoms with Crippen LogP contribution in [0.3, 0.4) is 0 Å². The summed E-state index contributed by atoms with van der Waals surface area (Å²) >= 11 is 6.63. The molecule has 0 bridgehead atoms. The zero-order chi connectivity index (χ0) is 20.2. The van der Waals surface area contributed by atoms with Crippen molar-refractivity contribution in [2.75, 3.05) is 11.9 Å². The first-order valence-corrected chi connectivity index (χ1v) is 12.0. The summed E-state index contributed by atoms with van der Waals surface area (Å²) in [7, 11) is 0. The number of hydrogen-bond acceptors (Lipinski definition) is 5. The molecule has 0 unspecified atom stereocenters. The largest absolute Gasteiger partial charge is 0.338 e. The monoisotopic (exact) mass is 489 g/mol. The smallest absolute Gasteiger partial charge is 0.230 e. The summed E-state index contributed by atoms with van der Waals surface area (Å²) in [5.41, 5.74) is 2.54. The fourth-order valence-electron chi connectivity index (χ4n) is 3.29. The second kappa shape index (κ2) is 9.19. The van der Waals surface area contributed by atoms with Gasteiger partial charge in [-0.2, -0.15) is 0 Å². The lowest BCUT2D eigenvalue weighted by molar-refractivity contribution is -0.133. The molecule has 0 atom stereocenters. The number of anilines is 1. The Labute approximate surface area is 185 Å². The van der Waals surface area contributed by atoms with Gasteiger partial charge in [0.1, 0.15) is 5.01 Å². The molecule has 29 heavy (non-hydrogen) atoms. The van der Waals surface area contributed by atoms with E-state index >= 15 is 0 Å². The number of amides is 2. The summed E-state index contributed by atoms with van der Waals surface area (Å²) in [4.78, 5) is 32.1. The number of piperidine rings is 1. The van der Waals surface area contributed by atoms with Gasteiger partial charge in [0.15, 0.2) is 0 Å². The summed E-state index contributed by atoms with van der Waals surface area (Å²) in [6, 6.07) is 9.74. The number of nitrogens with zero attached hydrogens (tertiary/aromatic N) is 2. The SMILES string of the molecule is O=C(Cc1csc(-c2cc(Br)cs2)n1)Nc1cccc(CN2CCCCC2=O)c1. The average Bonchev–Trinajstić information content (AvgIpc) is 3.33. The van der Waals surface area contributed by atoms with Crippen LogP contribution in [0.4, 0.5) is 5.69 Å². The van der Waals surface area contributed by atoms with E-state index in [2.05, 4.69) is 26.2 Å². The molecule has 0 aliphatic carbocycles. The first kappa shape index (κ1) is 20.3. The van der Waals surface area contributed by atoms with Crippen molar-refractivity contribution in [3.63, 3.8) is 0 Å². The van der Waals surface area contributed by atoms with Gasteiger partial charge in [0, 0.05) is 40.4 Å². The number of hydrogen-bond donors (Lipinski definition) is 1. The zero-order valence-corrected chi connectivity index (χ0v) is 18.9. The molecule has 4 rings (SSSR count). The number of nitrogens with one attached hydrogen (secondary N) is 1. The van der Waals surface area contributed by atoms with Crippen molar-refractivity contribution in [2.24, 2.45) is 0 Å². The molecule has 1 aliphatic heterocycles. The van der Waals surface area contributed by atoms with Crippen LogP contribution in [0.25, 0.3) is 9.88 Å². The minimum Gasteiger partial charge on any atom is -0.338 e. The third kappa shape index (κ3) is 5.32. The van der Waals surface area contributed by atoms with E-state index in [0.717, 1.165) is 50.7 Å². The molecule has 8 heteroatoms. The number of carbonyl (C=O) groups excluding carboxylic acids is 2. The topological polar surface area (TPSA) is 62.3 Å². The number of thiophene rings is 1. The lowest BCUT2D eigenvalue weighted by Gasteiger charge is -2.26. The second-order valence-electron chi connectivity index (χ2n) is 6.97. The summed E-state index contributed by atoms with van der Waals surface area (Å²) in [5, 5.41) is 7.83. The highest BCUT2D eigenvalue weighted by atomic mass is 79.9. The Morgan fingerprint density at radius 1 is 1.21 bits per heavy atom. The molecule has 5 nitrogen and oxygen atoms in total. The molecular weight excluding hydrogens is 470 g/mol. The number of aromatic nitrogens is 1. The van der Waals surface area contributed by atoms with Gasteiger partial charge in [-0.1, -0.05) is 12.1 Å². The van der Waals surface area contributed by atoms with E-state index in [9.17, 15) is 9.59 Å². The first-order chi connectivity index (χ1) is 14.1. The van der Waals surface area contributed by atoms with Gasteiger partial charge in [0.25, 0.3) is 0 Å². The third-order valence-corrected chi connectivity index (χ3v) is 7.43. The number of rotatable bonds is 6. The zero-order valence-electron chi connectivity index (χ0n) is 15.7. The molecule has 1 saturated heterocycles. The maximum absolute atomic E-state index is 12.5. The molecule has 1 aliphatic rings. The van der Waals surface area contributed by atoms with Gasteiger partial charge in [-0.15, -0.1) is 22.7 Å². The van der Waals surface area contributed by atoms with Gasteiger partial charge in [-0.05, 0) is 52.5 Å². The summed E-state index contributed by atoms with van der Waals surface area (Å²) in [6.07, 6.45) is 2.90. The maximum Gasteiger partial charge on any atom is 0.230 e. The maximum atomic E-state index is 12.5. The fraction of sp³-hybridized carbons (Fsp3) is 0.286. The summed E-state index contributed by atoms with van der Waals surface area (Å²) in [5.74, 6) is 0.114. The highest BCUT2D eigenvalue weighted by Crippen LogP contribution is 2.32. The molecule has 1 N–H and O–H groups in total. The molecule has 150 valence electrons. The number of thiazole rings is 1. The number of carbonyl (C=O) groups is 2. The lowest BCUT2D eigenvalue weighted by Crippen LogP contribution is -2.34. The Bertz CT molecular complexity index is 1030. The Kier molecular flexibility index (Phi) is 6.42. The second-order valence-corrected chi connectivity index (χ2v) is 9.66. The van der Waals surface area contributed by atoms with Gasteiger partial charge >= 0.3 is 0 Å². The summed E-state index contributed by atoms with van der Waals surface area (Å²) in [6.45, 7) is 1.40. The minimum atomic E-state index is -0.0968. The van der Waals surface area contributed by atoms with Crippen LogP contribution in [0.15, 0.2) is 45.6 Å². The first-order valence-electron chi connectivity index (χ1n) is 9.42. The van der Waals surface area contributed by atoms with Crippen LogP contribution in [0, 0.1) is 0 Å². The highest BCUT2D eigenvalue weighted by molar-refractivity contribution is 9.10. The van der Waals surface area contributed by atoms with Crippen molar-refractivity contribution in [1.29, 1.82) is 0 Å². The van der Waals surface area contributed by atoms with Crippen LogP contribution in [0.5, 0.6) is 0 Å². The van der Waals surface area contributed by atoms with E-state index in [1.807, 2.05) is 46.0 Å². The molecule has 0 saturated carbocycles. The minimum absolute atomic E-state index is 0.0968. The van der Waals surface area contributed by atoms with Crippen molar-refractivity contribution in [1.82, 2.24) is 9.88 Å². The van der Waals surface area contributed by atoms with Crippen LogP contribution in [-0.4, -0.2) is 28.2 Å². The third-order valence-electron chi connectivity index (χ3n) is 4.68. The van der Waals surface area contributed by atoms with Crippen molar-refractivity contribution < 1.29 is 9.59 Å². The van der Waals surface area contributed by atoms with E-state index in [1.54, 1.807) is 22.7 Å². The molecule has 3 aromatic rings. The van der Waals surface area contributed by atoms with E-state index in [0.29, 0.717) is 13.0 Å². The van der Waals surface area contributed by atoms with E-state index in [4.69, 9.17) is 0 Å². The van der Waals surface area contributed by atoms with Gasteiger partial charge in [0.2, 0.25) is 11.8 Å². The Balaban J connectivity index is 1.36. The normalized spacial score (nSPS) is 14.2. The number of likely N-dealkylation sites (tertiary alicyclic amines) is 1. The van der Waals surface area contributed by atoms with E-state index in [-0.39, 0.29) is 18.2 Å². The number of halogens is 1. The van der Waals surface area contributed by atoms with Crippen molar-refractivity contribution in [3.8, 4) is 9.88 Å². The Morgan fingerprint density at radius 2 is 2.10 bits per heavy atom. The van der Waals surface area contributed by atoms with Crippen LogP contribution < -0.4 is 5.32 Å². The van der Waals surface area contributed by atoms with E-state index < -0.39 is 0 Å². The van der Waals surface area contributed by atoms with Crippen molar-refractivity contribution in [2.45, 2.75) is 32.2 Å². The predicted molar refractivity (Wildman–Crippen MR) is 121 cm³/mol. The average molecular weight is 490 g/mol. The molecule has 2 aromatic heterocycles. The molecule has 1 aromatic carbocycles. The fourth-order valence-corrected chi connectivity index (χ4v) is 5.62.